The zero-order chi connectivity index (χ0) is 20.1. The second-order valence-corrected chi connectivity index (χ2v) is 8.46. The van der Waals surface area contributed by atoms with Crippen molar-refractivity contribution in [1.29, 1.82) is 0 Å². The first-order valence-electron chi connectivity index (χ1n) is 10.0. The van der Waals surface area contributed by atoms with Crippen LogP contribution in [0.15, 0.2) is 42.5 Å². The molecule has 0 unspecified atom stereocenters. The van der Waals surface area contributed by atoms with Crippen molar-refractivity contribution < 1.29 is 4.79 Å². The molecule has 0 radical (unpaired) electrons. The SMILES string of the molecule is CCc1ccc([C@H](C)NC(=O)C2CCN(Cc3ccc(Cl)cc3Cl)CC2)cc1. The summed E-state index contributed by atoms with van der Waals surface area (Å²) in [6.45, 7) is 6.79. The van der Waals surface area contributed by atoms with Gasteiger partial charge < -0.3 is 5.32 Å². The first-order chi connectivity index (χ1) is 13.5. The fraction of sp³-hybridized carbons (Fsp3) is 0.435. The molecule has 0 aliphatic carbocycles. The van der Waals surface area contributed by atoms with E-state index in [1.165, 1.54) is 5.56 Å². The number of carbonyl (C=O) groups is 1. The van der Waals surface area contributed by atoms with Crippen molar-refractivity contribution in [3.05, 3.63) is 69.2 Å². The predicted octanol–water partition coefficient (Wildman–Crippen LogP) is 5.65. The Labute approximate surface area is 178 Å². The van der Waals surface area contributed by atoms with Crippen molar-refractivity contribution in [3.8, 4) is 0 Å². The summed E-state index contributed by atoms with van der Waals surface area (Å²) in [4.78, 5) is 15.0. The minimum Gasteiger partial charge on any atom is -0.349 e. The maximum absolute atomic E-state index is 12.7. The lowest BCUT2D eigenvalue weighted by molar-refractivity contribution is -0.127. The summed E-state index contributed by atoms with van der Waals surface area (Å²) in [5, 5.41) is 4.55. The number of nitrogens with one attached hydrogen (secondary N) is 1. The number of hydrogen-bond acceptors (Lipinski definition) is 2. The molecule has 2 aromatic carbocycles. The summed E-state index contributed by atoms with van der Waals surface area (Å²) >= 11 is 12.3. The zero-order valence-corrected chi connectivity index (χ0v) is 18.1. The van der Waals surface area contributed by atoms with Gasteiger partial charge in [0, 0.05) is 22.5 Å². The van der Waals surface area contributed by atoms with Gasteiger partial charge in [-0.05, 0) is 68.1 Å². The number of piperidine rings is 1. The molecule has 0 saturated carbocycles. The van der Waals surface area contributed by atoms with Gasteiger partial charge in [0.25, 0.3) is 0 Å². The van der Waals surface area contributed by atoms with Gasteiger partial charge in [0.15, 0.2) is 0 Å². The molecule has 1 atom stereocenters. The molecule has 3 nitrogen and oxygen atoms in total. The van der Waals surface area contributed by atoms with Crippen molar-refractivity contribution in [3.63, 3.8) is 0 Å². The van der Waals surface area contributed by atoms with Gasteiger partial charge in [0.1, 0.15) is 0 Å². The fourth-order valence-corrected chi connectivity index (χ4v) is 4.17. The molecule has 150 valence electrons. The van der Waals surface area contributed by atoms with Crippen LogP contribution in [0.4, 0.5) is 0 Å². The Morgan fingerprint density at radius 1 is 1.14 bits per heavy atom. The Kier molecular flexibility index (Phi) is 7.39. The first kappa shape index (κ1) is 21.2. The van der Waals surface area contributed by atoms with E-state index < -0.39 is 0 Å². The molecule has 1 aliphatic heterocycles. The highest BCUT2D eigenvalue weighted by Crippen LogP contribution is 2.25. The number of halogens is 2. The Morgan fingerprint density at radius 3 is 2.43 bits per heavy atom. The quantitative estimate of drug-likeness (QED) is 0.657. The lowest BCUT2D eigenvalue weighted by Crippen LogP contribution is -2.40. The van der Waals surface area contributed by atoms with Gasteiger partial charge in [-0.3, -0.25) is 9.69 Å². The summed E-state index contributed by atoms with van der Waals surface area (Å²) in [6, 6.07) is 14.2. The third kappa shape index (κ3) is 5.50. The molecule has 2 aromatic rings. The van der Waals surface area contributed by atoms with Crippen molar-refractivity contribution in [2.24, 2.45) is 5.92 Å². The molecule has 1 aliphatic rings. The molecule has 1 amide bonds. The Balaban J connectivity index is 1.49. The number of amides is 1. The van der Waals surface area contributed by atoms with Crippen molar-refractivity contribution in [2.45, 2.75) is 45.7 Å². The van der Waals surface area contributed by atoms with Crippen LogP contribution in [0.2, 0.25) is 10.0 Å². The van der Waals surface area contributed by atoms with Crippen molar-refractivity contribution in [1.82, 2.24) is 10.2 Å². The molecule has 0 aromatic heterocycles. The minimum atomic E-state index is 0.0318. The van der Waals surface area contributed by atoms with E-state index in [4.69, 9.17) is 23.2 Å². The van der Waals surface area contributed by atoms with E-state index in [1.54, 1.807) is 6.07 Å². The van der Waals surface area contributed by atoms with Crippen molar-refractivity contribution in [2.75, 3.05) is 13.1 Å². The van der Waals surface area contributed by atoms with E-state index in [1.807, 2.05) is 12.1 Å². The highest BCUT2D eigenvalue weighted by Gasteiger charge is 2.26. The van der Waals surface area contributed by atoms with Crippen LogP contribution in [-0.4, -0.2) is 23.9 Å². The van der Waals surface area contributed by atoms with Crippen LogP contribution >= 0.6 is 23.2 Å². The normalized spacial score (nSPS) is 16.7. The van der Waals surface area contributed by atoms with Gasteiger partial charge in [-0.15, -0.1) is 0 Å². The van der Waals surface area contributed by atoms with E-state index in [9.17, 15) is 4.79 Å². The topological polar surface area (TPSA) is 32.3 Å². The summed E-state index contributed by atoms with van der Waals surface area (Å²) in [5.74, 6) is 0.241. The standard InChI is InChI=1S/C23H28Cl2N2O/c1-3-17-4-6-18(7-5-17)16(2)26-23(28)19-10-12-27(13-11-19)15-20-8-9-21(24)14-22(20)25/h4-9,14,16,19H,3,10-13,15H2,1-2H3,(H,26,28)/t16-/m0/s1. The Bertz CT molecular complexity index is 799. The van der Waals surface area contributed by atoms with Gasteiger partial charge in [-0.25, -0.2) is 0 Å². The van der Waals surface area contributed by atoms with Crippen LogP contribution in [0.25, 0.3) is 0 Å². The molecular formula is C23H28Cl2N2O. The van der Waals surface area contributed by atoms with Crippen LogP contribution in [-0.2, 0) is 17.8 Å². The molecule has 5 heteroatoms. The number of aryl methyl sites for hydroxylation is 1. The highest BCUT2D eigenvalue weighted by atomic mass is 35.5. The number of carbonyl (C=O) groups excluding carboxylic acids is 1. The first-order valence-corrected chi connectivity index (χ1v) is 10.8. The molecule has 0 bridgehead atoms. The number of nitrogens with zero attached hydrogens (tertiary/aromatic N) is 1. The maximum Gasteiger partial charge on any atom is 0.223 e. The highest BCUT2D eigenvalue weighted by molar-refractivity contribution is 6.35. The largest absolute Gasteiger partial charge is 0.349 e. The monoisotopic (exact) mass is 418 g/mol. The van der Waals surface area contributed by atoms with Crippen LogP contribution < -0.4 is 5.32 Å². The molecule has 3 rings (SSSR count). The van der Waals surface area contributed by atoms with Crippen LogP contribution in [0, 0.1) is 5.92 Å². The summed E-state index contributed by atoms with van der Waals surface area (Å²) in [6.07, 6.45) is 2.78. The third-order valence-electron chi connectivity index (χ3n) is 5.61. The van der Waals surface area contributed by atoms with Gasteiger partial charge >= 0.3 is 0 Å². The Hall–Kier alpha value is -1.55. The lowest BCUT2D eigenvalue weighted by Gasteiger charge is -2.32. The summed E-state index contributed by atoms with van der Waals surface area (Å²) in [5.41, 5.74) is 3.55. The van der Waals surface area contributed by atoms with Gasteiger partial charge in [-0.2, -0.15) is 0 Å². The molecule has 1 N–H and O–H groups in total. The number of benzene rings is 2. The maximum atomic E-state index is 12.7. The smallest absolute Gasteiger partial charge is 0.223 e. The van der Waals surface area contributed by atoms with Gasteiger partial charge in [-0.1, -0.05) is 60.5 Å². The average Bonchev–Trinajstić information content (AvgIpc) is 2.70. The van der Waals surface area contributed by atoms with Crippen LogP contribution in [0.3, 0.4) is 0 Å². The van der Waals surface area contributed by atoms with E-state index in [2.05, 4.69) is 48.3 Å². The van der Waals surface area contributed by atoms with E-state index in [-0.39, 0.29) is 17.9 Å². The van der Waals surface area contributed by atoms with E-state index in [0.29, 0.717) is 10.0 Å². The summed E-state index contributed by atoms with van der Waals surface area (Å²) < 4.78 is 0. The number of likely N-dealkylation sites (tertiary alicyclic amines) is 1. The molecule has 0 spiro atoms. The average molecular weight is 419 g/mol. The second kappa shape index (κ2) is 9.78. The lowest BCUT2D eigenvalue weighted by atomic mass is 9.94. The minimum absolute atomic E-state index is 0.0318. The molecular weight excluding hydrogens is 391 g/mol. The van der Waals surface area contributed by atoms with E-state index >= 15 is 0 Å². The Morgan fingerprint density at radius 2 is 1.82 bits per heavy atom. The fourth-order valence-electron chi connectivity index (χ4n) is 3.70. The molecule has 28 heavy (non-hydrogen) atoms. The number of rotatable bonds is 6. The van der Waals surface area contributed by atoms with Crippen LogP contribution in [0.1, 0.15) is 49.4 Å². The predicted molar refractivity (Wildman–Crippen MR) is 117 cm³/mol. The van der Waals surface area contributed by atoms with Crippen LogP contribution in [0.5, 0.6) is 0 Å². The van der Waals surface area contributed by atoms with Gasteiger partial charge in [0.2, 0.25) is 5.91 Å². The molecule has 1 heterocycles. The van der Waals surface area contributed by atoms with Crippen molar-refractivity contribution >= 4 is 29.1 Å². The number of hydrogen-bond donors (Lipinski definition) is 1. The van der Waals surface area contributed by atoms with Gasteiger partial charge in [0.05, 0.1) is 6.04 Å². The molecule has 1 fully saturated rings. The third-order valence-corrected chi connectivity index (χ3v) is 6.20. The van der Waals surface area contributed by atoms with E-state index in [0.717, 1.165) is 50.0 Å². The summed E-state index contributed by atoms with van der Waals surface area (Å²) in [7, 11) is 0. The second-order valence-electron chi connectivity index (χ2n) is 7.61. The molecule has 1 saturated heterocycles. The zero-order valence-electron chi connectivity index (χ0n) is 16.6.